The first-order chi connectivity index (χ1) is 11.2. The maximum absolute atomic E-state index is 13.2. The molecule has 2 N–H and O–H groups in total. The summed E-state index contributed by atoms with van der Waals surface area (Å²) < 4.78 is 41.3. The summed E-state index contributed by atoms with van der Waals surface area (Å²) in [5.41, 5.74) is 1.02. The number of hydrogen-bond acceptors (Lipinski definition) is 4. The number of aryl methyl sites for hydroxylation is 2. The van der Waals surface area contributed by atoms with Crippen LogP contribution in [0.2, 0.25) is 0 Å². The predicted octanol–water partition coefficient (Wildman–Crippen LogP) is 1.02. The van der Waals surface area contributed by atoms with E-state index in [-0.39, 0.29) is 16.5 Å². The third kappa shape index (κ3) is 4.39. The second kappa shape index (κ2) is 7.10. The minimum absolute atomic E-state index is 0.0884. The lowest BCUT2D eigenvalue weighted by atomic mass is 10.2. The number of aromatic nitrogens is 2. The molecule has 0 aliphatic carbocycles. The number of benzene rings is 1. The van der Waals surface area contributed by atoms with E-state index >= 15 is 0 Å². The van der Waals surface area contributed by atoms with E-state index in [0.29, 0.717) is 0 Å². The van der Waals surface area contributed by atoms with Crippen molar-refractivity contribution in [3.05, 3.63) is 47.5 Å². The second-order valence-electron chi connectivity index (χ2n) is 5.47. The first-order valence-corrected chi connectivity index (χ1v) is 8.71. The molecular weight excluding hydrogens is 335 g/mol. The van der Waals surface area contributed by atoms with Crippen molar-refractivity contribution in [3.8, 4) is 0 Å². The number of amides is 1. The monoisotopic (exact) mass is 354 g/mol. The van der Waals surface area contributed by atoms with Gasteiger partial charge in [0.1, 0.15) is 5.82 Å². The van der Waals surface area contributed by atoms with Crippen molar-refractivity contribution < 1.29 is 17.6 Å². The van der Waals surface area contributed by atoms with Gasteiger partial charge >= 0.3 is 0 Å². The predicted molar refractivity (Wildman–Crippen MR) is 86.1 cm³/mol. The maximum Gasteiger partial charge on any atom is 0.241 e. The summed E-state index contributed by atoms with van der Waals surface area (Å²) in [6.07, 6.45) is 3.38. The van der Waals surface area contributed by atoms with Crippen LogP contribution in [0.3, 0.4) is 0 Å². The van der Waals surface area contributed by atoms with Gasteiger partial charge in [0.25, 0.3) is 0 Å². The normalized spacial score (nSPS) is 12.8. The fourth-order valence-electron chi connectivity index (χ4n) is 2.07. The van der Waals surface area contributed by atoms with E-state index < -0.39 is 28.3 Å². The number of hydrogen-bond donors (Lipinski definition) is 2. The Kier molecular flexibility index (Phi) is 5.35. The Hall–Kier alpha value is -2.26. The zero-order valence-corrected chi connectivity index (χ0v) is 14.4. The summed E-state index contributed by atoms with van der Waals surface area (Å²) >= 11 is 0. The van der Waals surface area contributed by atoms with E-state index in [1.807, 2.05) is 0 Å². The Morgan fingerprint density at radius 2 is 2.12 bits per heavy atom. The Labute approximate surface area is 139 Å². The van der Waals surface area contributed by atoms with Crippen LogP contribution in [0.25, 0.3) is 0 Å². The minimum Gasteiger partial charge on any atom is -0.348 e. The lowest BCUT2D eigenvalue weighted by molar-refractivity contribution is -0.120. The van der Waals surface area contributed by atoms with Gasteiger partial charge in [-0.15, -0.1) is 0 Å². The fourth-order valence-corrected chi connectivity index (χ4v) is 3.13. The summed E-state index contributed by atoms with van der Waals surface area (Å²) in [7, 11) is -2.12. The minimum atomic E-state index is -3.88. The lowest BCUT2D eigenvalue weighted by Gasteiger charge is -2.13. The summed E-state index contributed by atoms with van der Waals surface area (Å²) in [6.45, 7) is 2.83. The smallest absolute Gasteiger partial charge is 0.241 e. The molecule has 0 fully saturated rings. The van der Waals surface area contributed by atoms with Gasteiger partial charge in [-0.1, -0.05) is 0 Å². The topological polar surface area (TPSA) is 93.1 Å². The molecule has 130 valence electrons. The highest BCUT2D eigenvalue weighted by atomic mass is 32.2. The van der Waals surface area contributed by atoms with Crippen LogP contribution in [0, 0.1) is 12.7 Å². The molecule has 1 atom stereocenters. The van der Waals surface area contributed by atoms with Crippen molar-refractivity contribution in [1.82, 2.24) is 19.8 Å². The molecule has 1 aromatic heterocycles. The van der Waals surface area contributed by atoms with Crippen LogP contribution in [0.1, 0.15) is 24.1 Å². The second-order valence-corrected chi connectivity index (χ2v) is 7.24. The molecule has 0 aliphatic heterocycles. The summed E-state index contributed by atoms with van der Waals surface area (Å²) in [6, 6.07) is 3.15. The number of halogens is 1. The van der Waals surface area contributed by atoms with Gasteiger partial charge in [-0.05, 0) is 37.6 Å². The van der Waals surface area contributed by atoms with Crippen LogP contribution in [0.15, 0.2) is 35.5 Å². The van der Waals surface area contributed by atoms with Gasteiger partial charge in [-0.25, -0.2) is 17.5 Å². The third-order valence-corrected chi connectivity index (χ3v) is 4.86. The van der Waals surface area contributed by atoms with Crippen LogP contribution in [-0.4, -0.2) is 30.7 Å². The van der Waals surface area contributed by atoms with Crippen molar-refractivity contribution in [2.45, 2.75) is 24.8 Å². The molecule has 1 unspecified atom stereocenters. The van der Waals surface area contributed by atoms with Crippen LogP contribution in [-0.2, 0) is 21.9 Å². The zero-order chi connectivity index (χ0) is 17.9. The number of carbonyl (C=O) groups excluding carboxylic acids is 1. The molecule has 0 saturated carbocycles. The Morgan fingerprint density at radius 1 is 1.42 bits per heavy atom. The standard InChI is InChI=1S/C15H19FN4O3S/c1-10-6-13(4-5-14(10)16)24(22,23)18-8-15(21)19-11(2)12-7-17-20(3)9-12/h4-7,9,11,18H,8H2,1-3H3,(H,19,21). The fraction of sp³-hybridized carbons (Fsp3) is 0.333. The lowest BCUT2D eigenvalue weighted by Crippen LogP contribution is -2.38. The van der Waals surface area contributed by atoms with E-state index in [1.54, 1.807) is 31.0 Å². The molecule has 0 radical (unpaired) electrons. The van der Waals surface area contributed by atoms with Gasteiger partial charge in [0.2, 0.25) is 15.9 Å². The third-order valence-electron chi connectivity index (χ3n) is 3.46. The van der Waals surface area contributed by atoms with E-state index in [4.69, 9.17) is 0 Å². The first kappa shape index (κ1) is 18.1. The van der Waals surface area contributed by atoms with Gasteiger partial charge in [-0.2, -0.15) is 5.10 Å². The van der Waals surface area contributed by atoms with E-state index in [0.717, 1.165) is 17.7 Å². The van der Waals surface area contributed by atoms with E-state index in [2.05, 4.69) is 15.1 Å². The van der Waals surface area contributed by atoms with Crippen molar-refractivity contribution in [3.63, 3.8) is 0 Å². The van der Waals surface area contributed by atoms with Crippen LogP contribution in [0.5, 0.6) is 0 Å². The molecule has 7 nitrogen and oxygen atoms in total. The number of nitrogens with zero attached hydrogens (tertiary/aromatic N) is 2. The molecule has 1 aromatic carbocycles. The number of sulfonamides is 1. The van der Waals surface area contributed by atoms with Gasteiger partial charge in [0, 0.05) is 18.8 Å². The highest BCUT2D eigenvalue weighted by molar-refractivity contribution is 7.89. The van der Waals surface area contributed by atoms with Gasteiger partial charge in [0.05, 0.1) is 23.7 Å². The highest BCUT2D eigenvalue weighted by Gasteiger charge is 2.18. The Bertz CT molecular complexity index is 848. The average Bonchev–Trinajstić information content (AvgIpc) is 2.94. The van der Waals surface area contributed by atoms with Crippen LogP contribution >= 0.6 is 0 Å². The summed E-state index contributed by atoms with van der Waals surface area (Å²) in [4.78, 5) is 11.8. The van der Waals surface area contributed by atoms with Crippen LogP contribution in [0.4, 0.5) is 4.39 Å². The molecule has 1 amide bonds. The van der Waals surface area contributed by atoms with Crippen LogP contribution < -0.4 is 10.0 Å². The maximum atomic E-state index is 13.2. The first-order valence-electron chi connectivity index (χ1n) is 7.23. The molecule has 0 spiro atoms. The zero-order valence-electron chi connectivity index (χ0n) is 13.6. The molecule has 2 aromatic rings. The van der Waals surface area contributed by atoms with Crippen molar-refractivity contribution >= 4 is 15.9 Å². The quantitative estimate of drug-likeness (QED) is 0.810. The number of rotatable bonds is 6. The molecule has 0 aliphatic rings. The van der Waals surface area contributed by atoms with E-state index in [1.165, 1.54) is 13.0 Å². The van der Waals surface area contributed by atoms with E-state index in [9.17, 15) is 17.6 Å². The molecule has 24 heavy (non-hydrogen) atoms. The van der Waals surface area contributed by atoms with Crippen molar-refractivity contribution in [2.75, 3.05) is 6.54 Å². The average molecular weight is 354 g/mol. The molecule has 0 saturated heterocycles. The summed E-state index contributed by atoms with van der Waals surface area (Å²) in [5.74, 6) is -0.967. The molecule has 9 heteroatoms. The Balaban J connectivity index is 1.96. The molecule has 0 bridgehead atoms. The number of carbonyl (C=O) groups is 1. The molecule has 1 heterocycles. The van der Waals surface area contributed by atoms with Gasteiger partial charge in [-0.3, -0.25) is 9.48 Å². The van der Waals surface area contributed by atoms with Gasteiger partial charge < -0.3 is 5.32 Å². The SMILES string of the molecule is Cc1cc(S(=O)(=O)NCC(=O)NC(C)c2cnn(C)c2)ccc1F. The van der Waals surface area contributed by atoms with Gasteiger partial charge in [0.15, 0.2) is 0 Å². The molecular formula is C15H19FN4O3S. The number of nitrogens with one attached hydrogen (secondary N) is 2. The largest absolute Gasteiger partial charge is 0.348 e. The Morgan fingerprint density at radius 3 is 2.71 bits per heavy atom. The van der Waals surface area contributed by atoms with Crippen molar-refractivity contribution in [2.24, 2.45) is 7.05 Å². The highest BCUT2D eigenvalue weighted by Crippen LogP contribution is 2.14. The van der Waals surface area contributed by atoms with Crippen molar-refractivity contribution in [1.29, 1.82) is 0 Å². The summed E-state index contributed by atoms with van der Waals surface area (Å²) in [5, 5.41) is 6.68. The molecule has 2 rings (SSSR count).